The molecule has 0 bridgehead atoms. The summed E-state index contributed by atoms with van der Waals surface area (Å²) < 4.78 is 5.59. The molecule has 1 rings (SSSR count). The predicted octanol–water partition coefficient (Wildman–Crippen LogP) is 1.69. The van der Waals surface area contributed by atoms with Crippen molar-refractivity contribution in [1.82, 2.24) is 4.90 Å². The van der Waals surface area contributed by atoms with Crippen LogP contribution in [-0.4, -0.2) is 30.8 Å². The molecule has 0 spiro atoms. The Bertz CT molecular complexity index is 260. The molecule has 0 heterocycles. The fourth-order valence-corrected chi connectivity index (χ4v) is 1.50. The van der Waals surface area contributed by atoms with E-state index in [0.717, 1.165) is 18.8 Å². The van der Waals surface area contributed by atoms with E-state index in [1.807, 2.05) is 30.3 Å². The van der Waals surface area contributed by atoms with E-state index in [-0.39, 0.29) is 6.17 Å². The molecule has 1 aromatic carbocycles. The van der Waals surface area contributed by atoms with E-state index >= 15 is 0 Å². The molecule has 0 radical (unpaired) electrons. The topological polar surface area (TPSA) is 38.5 Å². The zero-order chi connectivity index (χ0) is 11.1. The Kier molecular flexibility index (Phi) is 5.15. The van der Waals surface area contributed by atoms with Gasteiger partial charge in [0.25, 0.3) is 0 Å². The highest BCUT2D eigenvalue weighted by molar-refractivity contribution is 5.20. The summed E-state index contributed by atoms with van der Waals surface area (Å²) in [6.07, 6.45) is -0.0276. The maximum atomic E-state index is 5.99. The molecular formula is C12H20N2O. The van der Waals surface area contributed by atoms with Crippen LogP contribution in [0.2, 0.25) is 0 Å². The minimum Gasteiger partial charge on any atom is -0.491 e. The van der Waals surface area contributed by atoms with Crippen LogP contribution in [-0.2, 0) is 0 Å². The van der Waals surface area contributed by atoms with E-state index in [9.17, 15) is 0 Å². The number of para-hydroxylation sites is 1. The SMILES string of the molecule is CCN(CC)C(N)COc1ccccc1. The van der Waals surface area contributed by atoms with Crippen molar-refractivity contribution in [2.24, 2.45) is 5.73 Å². The van der Waals surface area contributed by atoms with Crippen LogP contribution in [0.1, 0.15) is 13.8 Å². The summed E-state index contributed by atoms with van der Waals surface area (Å²) in [5.41, 5.74) is 5.99. The van der Waals surface area contributed by atoms with E-state index in [2.05, 4.69) is 18.7 Å². The normalized spacial score (nSPS) is 12.8. The van der Waals surface area contributed by atoms with E-state index < -0.39 is 0 Å². The van der Waals surface area contributed by atoms with Crippen molar-refractivity contribution in [3.63, 3.8) is 0 Å². The third-order valence-corrected chi connectivity index (χ3v) is 2.45. The average molecular weight is 208 g/mol. The van der Waals surface area contributed by atoms with Crippen LogP contribution in [0.4, 0.5) is 0 Å². The van der Waals surface area contributed by atoms with Gasteiger partial charge in [-0.15, -0.1) is 0 Å². The first-order chi connectivity index (χ1) is 7.27. The van der Waals surface area contributed by atoms with Gasteiger partial charge in [-0.1, -0.05) is 32.0 Å². The summed E-state index contributed by atoms with van der Waals surface area (Å²) in [7, 11) is 0. The lowest BCUT2D eigenvalue weighted by atomic mass is 10.3. The average Bonchev–Trinajstić information content (AvgIpc) is 2.29. The Hall–Kier alpha value is -1.06. The van der Waals surface area contributed by atoms with Crippen molar-refractivity contribution in [2.75, 3.05) is 19.7 Å². The van der Waals surface area contributed by atoms with Gasteiger partial charge >= 0.3 is 0 Å². The van der Waals surface area contributed by atoms with Crippen LogP contribution in [0.15, 0.2) is 30.3 Å². The zero-order valence-electron chi connectivity index (χ0n) is 9.52. The molecule has 0 amide bonds. The Labute approximate surface area is 91.8 Å². The van der Waals surface area contributed by atoms with Gasteiger partial charge in [-0.3, -0.25) is 4.90 Å². The van der Waals surface area contributed by atoms with E-state index in [0.29, 0.717) is 6.61 Å². The standard InChI is InChI=1S/C12H20N2O/c1-3-14(4-2)12(13)10-15-11-8-6-5-7-9-11/h5-9,12H,3-4,10,13H2,1-2H3. The molecule has 0 aromatic heterocycles. The summed E-state index contributed by atoms with van der Waals surface area (Å²) in [4.78, 5) is 2.17. The number of rotatable bonds is 6. The summed E-state index contributed by atoms with van der Waals surface area (Å²) in [6.45, 7) is 6.65. The second-order valence-corrected chi connectivity index (χ2v) is 3.41. The number of nitrogens with zero attached hydrogens (tertiary/aromatic N) is 1. The van der Waals surface area contributed by atoms with Crippen molar-refractivity contribution >= 4 is 0 Å². The van der Waals surface area contributed by atoms with Gasteiger partial charge < -0.3 is 10.5 Å². The molecule has 84 valence electrons. The molecule has 3 heteroatoms. The van der Waals surface area contributed by atoms with Crippen LogP contribution in [0.3, 0.4) is 0 Å². The Balaban J connectivity index is 2.36. The summed E-state index contributed by atoms with van der Waals surface area (Å²) in [6, 6.07) is 9.76. The number of nitrogens with two attached hydrogens (primary N) is 1. The molecule has 0 aliphatic heterocycles. The first-order valence-electron chi connectivity index (χ1n) is 5.45. The van der Waals surface area contributed by atoms with E-state index in [1.165, 1.54) is 0 Å². The van der Waals surface area contributed by atoms with Gasteiger partial charge in [-0.05, 0) is 25.2 Å². The molecule has 0 saturated carbocycles. The Morgan fingerprint density at radius 2 is 1.80 bits per heavy atom. The highest BCUT2D eigenvalue weighted by Crippen LogP contribution is 2.08. The molecule has 3 nitrogen and oxygen atoms in total. The zero-order valence-corrected chi connectivity index (χ0v) is 9.52. The molecule has 1 atom stereocenters. The number of ether oxygens (including phenoxy) is 1. The summed E-state index contributed by atoms with van der Waals surface area (Å²) in [5.74, 6) is 0.875. The van der Waals surface area contributed by atoms with Gasteiger partial charge in [0.05, 0.1) is 6.17 Å². The fourth-order valence-electron chi connectivity index (χ4n) is 1.50. The van der Waals surface area contributed by atoms with Crippen LogP contribution < -0.4 is 10.5 Å². The van der Waals surface area contributed by atoms with Crippen LogP contribution >= 0.6 is 0 Å². The smallest absolute Gasteiger partial charge is 0.119 e. The molecular weight excluding hydrogens is 188 g/mol. The molecule has 2 N–H and O–H groups in total. The van der Waals surface area contributed by atoms with E-state index in [1.54, 1.807) is 0 Å². The monoisotopic (exact) mass is 208 g/mol. The van der Waals surface area contributed by atoms with Gasteiger partial charge in [0.15, 0.2) is 0 Å². The minimum absolute atomic E-state index is 0.0276. The Morgan fingerprint density at radius 3 is 2.33 bits per heavy atom. The predicted molar refractivity (Wildman–Crippen MR) is 62.8 cm³/mol. The Morgan fingerprint density at radius 1 is 1.20 bits per heavy atom. The first kappa shape index (κ1) is 12.0. The molecule has 1 unspecified atom stereocenters. The lowest BCUT2D eigenvalue weighted by Gasteiger charge is -2.25. The van der Waals surface area contributed by atoms with Gasteiger partial charge in [-0.2, -0.15) is 0 Å². The molecule has 1 aromatic rings. The van der Waals surface area contributed by atoms with Crippen molar-refractivity contribution in [3.05, 3.63) is 30.3 Å². The van der Waals surface area contributed by atoms with Crippen LogP contribution in [0.5, 0.6) is 5.75 Å². The van der Waals surface area contributed by atoms with Gasteiger partial charge in [0.2, 0.25) is 0 Å². The fraction of sp³-hybridized carbons (Fsp3) is 0.500. The number of hydrogen-bond donors (Lipinski definition) is 1. The molecule has 0 aliphatic carbocycles. The highest BCUT2D eigenvalue weighted by atomic mass is 16.5. The largest absolute Gasteiger partial charge is 0.491 e. The molecule has 15 heavy (non-hydrogen) atoms. The third-order valence-electron chi connectivity index (χ3n) is 2.45. The lowest BCUT2D eigenvalue weighted by molar-refractivity contribution is 0.150. The van der Waals surface area contributed by atoms with Crippen molar-refractivity contribution < 1.29 is 4.74 Å². The van der Waals surface area contributed by atoms with Crippen molar-refractivity contribution in [1.29, 1.82) is 0 Å². The van der Waals surface area contributed by atoms with Crippen LogP contribution in [0.25, 0.3) is 0 Å². The van der Waals surface area contributed by atoms with Crippen LogP contribution in [0, 0.1) is 0 Å². The van der Waals surface area contributed by atoms with E-state index in [4.69, 9.17) is 10.5 Å². The molecule has 0 fully saturated rings. The number of benzene rings is 1. The van der Waals surface area contributed by atoms with Gasteiger partial charge in [0, 0.05) is 0 Å². The van der Waals surface area contributed by atoms with Gasteiger partial charge in [-0.25, -0.2) is 0 Å². The number of hydrogen-bond acceptors (Lipinski definition) is 3. The second-order valence-electron chi connectivity index (χ2n) is 3.41. The minimum atomic E-state index is -0.0276. The molecule has 0 aliphatic rings. The summed E-state index contributed by atoms with van der Waals surface area (Å²) in [5, 5.41) is 0. The molecule has 0 saturated heterocycles. The highest BCUT2D eigenvalue weighted by Gasteiger charge is 2.10. The van der Waals surface area contributed by atoms with Crippen molar-refractivity contribution in [2.45, 2.75) is 20.0 Å². The summed E-state index contributed by atoms with van der Waals surface area (Å²) >= 11 is 0. The van der Waals surface area contributed by atoms with Crippen molar-refractivity contribution in [3.8, 4) is 5.75 Å². The first-order valence-corrected chi connectivity index (χ1v) is 5.45. The third kappa shape index (κ3) is 3.90. The lowest BCUT2D eigenvalue weighted by Crippen LogP contribution is -2.45. The van der Waals surface area contributed by atoms with Gasteiger partial charge in [0.1, 0.15) is 12.4 Å². The maximum Gasteiger partial charge on any atom is 0.119 e. The maximum absolute atomic E-state index is 5.99. The number of likely N-dealkylation sites (N-methyl/N-ethyl adjacent to an activating group) is 1. The quantitative estimate of drug-likeness (QED) is 0.723. The second kappa shape index (κ2) is 6.43.